The fourth-order valence-electron chi connectivity index (χ4n) is 3.19. The van der Waals surface area contributed by atoms with Gasteiger partial charge >= 0.3 is 5.97 Å². The molecule has 0 radical (unpaired) electrons. The van der Waals surface area contributed by atoms with E-state index in [2.05, 4.69) is 16.0 Å². The van der Waals surface area contributed by atoms with Crippen LogP contribution in [0.4, 0.5) is 5.82 Å². The SMILES string of the molecule is CCOC(=O)c1cc(C#N)c(N2CCCCC2)[nH+]c1-c1ccccc1. The molecule has 1 N–H and O–H groups in total. The average Bonchev–Trinajstić information content (AvgIpc) is 2.68. The quantitative estimate of drug-likeness (QED) is 0.804. The molecular formula is C20H22N3O2+. The second kappa shape index (κ2) is 7.80. The van der Waals surface area contributed by atoms with Crippen molar-refractivity contribution in [3.63, 3.8) is 0 Å². The number of aromatic amines is 1. The summed E-state index contributed by atoms with van der Waals surface area (Å²) < 4.78 is 5.19. The molecule has 128 valence electrons. The number of ether oxygens (including phenoxy) is 1. The molecule has 1 fully saturated rings. The van der Waals surface area contributed by atoms with Crippen LogP contribution in [0.25, 0.3) is 11.3 Å². The second-order valence-electron chi connectivity index (χ2n) is 6.07. The summed E-state index contributed by atoms with van der Waals surface area (Å²) in [6.07, 6.45) is 3.43. The van der Waals surface area contributed by atoms with Gasteiger partial charge in [0.05, 0.1) is 19.7 Å². The highest BCUT2D eigenvalue weighted by molar-refractivity contribution is 5.96. The minimum Gasteiger partial charge on any atom is -0.462 e. The number of nitriles is 1. The van der Waals surface area contributed by atoms with Gasteiger partial charge in [0.15, 0.2) is 0 Å². The number of anilines is 1. The van der Waals surface area contributed by atoms with E-state index < -0.39 is 5.97 Å². The maximum atomic E-state index is 12.4. The van der Waals surface area contributed by atoms with Crippen molar-refractivity contribution in [2.45, 2.75) is 26.2 Å². The van der Waals surface area contributed by atoms with Crippen LogP contribution in [0.3, 0.4) is 0 Å². The predicted octanol–water partition coefficient (Wildman–Crippen LogP) is 3.21. The van der Waals surface area contributed by atoms with Gasteiger partial charge in [-0.25, -0.2) is 9.78 Å². The summed E-state index contributed by atoms with van der Waals surface area (Å²) in [5.41, 5.74) is 2.46. The molecule has 0 atom stereocenters. The molecule has 0 spiro atoms. The third kappa shape index (κ3) is 3.63. The van der Waals surface area contributed by atoms with Gasteiger partial charge in [-0.15, -0.1) is 0 Å². The molecule has 25 heavy (non-hydrogen) atoms. The average molecular weight is 336 g/mol. The van der Waals surface area contributed by atoms with E-state index in [1.54, 1.807) is 13.0 Å². The lowest BCUT2D eigenvalue weighted by Crippen LogP contribution is -2.36. The summed E-state index contributed by atoms with van der Waals surface area (Å²) in [6, 6.07) is 13.6. The topological polar surface area (TPSA) is 67.5 Å². The summed E-state index contributed by atoms with van der Waals surface area (Å²) in [6.45, 7) is 3.90. The molecule has 1 saturated heterocycles. The highest BCUT2D eigenvalue weighted by atomic mass is 16.5. The zero-order chi connectivity index (χ0) is 17.6. The number of esters is 1. The van der Waals surface area contributed by atoms with Crippen molar-refractivity contribution in [3.05, 3.63) is 47.5 Å². The third-order valence-corrected chi connectivity index (χ3v) is 4.41. The lowest BCUT2D eigenvalue weighted by molar-refractivity contribution is -0.351. The van der Waals surface area contributed by atoms with Gasteiger partial charge in [-0.1, -0.05) is 30.3 Å². The number of carbonyl (C=O) groups excluding carboxylic acids is 1. The van der Waals surface area contributed by atoms with Crippen molar-refractivity contribution in [2.75, 3.05) is 24.6 Å². The fraction of sp³-hybridized carbons (Fsp3) is 0.350. The maximum Gasteiger partial charge on any atom is 0.342 e. The van der Waals surface area contributed by atoms with Crippen LogP contribution >= 0.6 is 0 Å². The van der Waals surface area contributed by atoms with Gasteiger partial charge in [-0.3, -0.25) is 4.90 Å². The van der Waals surface area contributed by atoms with E-state index >= 15 is 0 Å². The molecule has 5 heteroatoms. The van der Waals surface area contributed by atoms with Crippen LogP contribution in [-0.4, -0.2) is 25.7 Å². The van der Waals surface area contributed by atoms with Gasteiger partial charge in [0, 0.05) is 5.56 Å². The van der Waals surface area contributed by atoms with Crippen LogP contribution in [0.15, 0.2) is 36.4 Å². The summed E-state index contributed by atoms with van der Waals surface area (Å²) in [4.78, 5) is 18.0. The Bertz CT molecular complexity index is 791. The Morgan fingerprint density at radius 2 is 1.96 bits per heavy atom. The van der Waals surface area contributed by atoms with E-state index in [4.69, 9.17) is 4.74 Å². The Kier molecular flexibility index (Phi) is 5.30. The van der Waals surface area contributed by atoms with E-state index in [1.165, 1.54) is 6.42 Å². The largest absolute Gasteiger partial charge is 0.462 e. The highest BCUT2D eigenvalue weighted by Gasteiger charge is 2.28. The van der Waals surface area contributed by atoms with Crippen LogP contribution in [0.2, 0.25) is 0 Å². The van der Waals surface area contributed by atoms with E-state index in [9.17, 15) is 10.1 Å². The Morgan fingerprint density at radius 3 is 2.60 bits per heavy atom. The number of benzene rings is 1. The normalized spacial score (nSPS) is 14.0. The monoisotopic (exact) mass is 336 g/mol. The van der Waals surface area contributed by atoms with E-state index in [-0.39, 0.29) is 0 Å². The first kappa shape index (κ1) is 17.0. The zero-order valence-corrected chi connectivity index (χ0v) is 14.4. The van der Waals surface area contributed by atoms with Gasteiger partial charge in [0.2, 0.25) is 0 Å². The van der Waals surface area contributed by atoms with Gasteiger partial charge in [0.25, 0.3) is 5.82 Å². The van der Waals surface area contributed by atoms with E-state index in [0.29, 0.717) is 23.4 Å². The lowest BCUT2D eigenvalue weighted by Gasteiger charge is -2.22. The molecule has 2 aromatic rings. The lowest BCUT2D eigenvalue weighted by atomic mass is 10.0. The Labute approximate surface area is 147 Å². The van der Waals surface area contributed by atoms with Gasteiger partial charge in [0.1, 0.15) is 22.9 Å². The Morgan fingerprint density at radius 1 is 1.24 bits per heavy atom. The number of carbonyl (C=O) groups is 1. The predicted molar refractivity (Wildman–Crippen MR) is 95.2 cm³/mol. The number of nitrogens with zero attached hydrogens (tertiary/aromatic N) is 2. The molecule has 0 aliphatic carbocycles. The molecular weight excluding hydrogens is 314 g/mol. The first-order valence-corrected chi connectivity index (χ1v) is 8.72. The smallest absolute Gasteiger partial charge is 0.342 e. The molecule has 1 aliphatic rings. The number of aromatic nitrogens is 1. The van der Waals surface area contributed by atoms with Gasteiger partial charge < -0.3 is 4.74 Å². The number of hydrogen-bond donors (Lipinski definition) is 0. The summed E-state index contributed by atoms with van der Waals surface area (Å²) >= 11 is 0. The molecule has 0 unspecified atom stereocenters. The Balaban J connectivity index is 2.15. The first-order chi connectivity index (χ1) is 12.2. The van der Waals surface area contributed by atoms with Crippen molar-refractivity contribution in [3.8, 4) is 17.3 Å². The molecule has 1 aromatic heterocycles. The second-order valence-corrected chi connectivity index (χ2v) is 6.07. The van der Waals surface area contributed by atoms with Crippen molar-refractivity contribution in [1.29, 1.82) is 5.26 Å². The number of piperidine rings is 1. The van der Waals surface area contributed by atoms with Crippen molar-refractivity contribution >= 4 is 11.8 Å². The minimum absolute atomic E-state index is 0.294. The van der Waals surface area contributed by atoms with Crippen molar-refractivity contribution < 1.29 is 14.5 Å². The summed E-state index contributed by atoms with van der Waals surface area (Å²) in [5.74, 6) is 0.369. The van der Waals surface area contributed by atoms with Crippen LogP contribution in [0, 0.1) is 11.3 Å². The van der Waals surface area contributed by atoms with Crippen LogP contribution in [0.1, 0.15) is 42.1 Å². The van der Waals surface area contributed by atoms with Gasteiger partial charge in [-0.2, -0.15) is 5.26 Å². The maximum absolute atomic E-state index is 12.4. The summed E-state index contributed by atoms with van der Waals surface area (Å²) in [5, 5.41) is 9.60. The molecule has 5 nitrogen and oxygen atoms in total. The van der Waals surface area contributed by atoms with E-state index in [1.807, 2.05) is 30.3 Å². The van der Waals surface area contributed by atoms with Crippen molar-refractivity contribution in [1.82, 2.24) is 0 Å². The molecule has 0 saturated carbocycles. The molecule has 0 bridgehead atoms. The molecule has 2 heterocycles. The van der Waals surface area contributed by atoms with Gasteiger partial charge in [-0.05, 0) is 32.3 Å². The van der Waals surface area contributed by atoms with Crippen molar-refractivity contribution in [2.24, 2.45) is 0 Å². The van der Waals surface area contributed by atoms with Crippen LogP contribution < -0.4 is 9.88 Å². The number of nitrogens with one attached hydrogen (secondary N) is 1. The molecule has 1 aromatic carbocycles. The summed E-state index contributed by atoms with van der Waals surface area (Å²) in [7, 11) is 0. The fourth-order valence-corrected chi connectivity index (χ4v) is 3.19. The first-order valence-electron chi connectivity index (χ1n) is 8.72. The number of H-pyrrole nitrogens is 1. The minimum atomic E-state index is -0.417. The van der Waals surface area contributed by atoms with Crippen LogP contribution in [0.5, 0.6) is 0 Å². The van der Waals surface area contributed by atoms with E-state index in [0.717, 1.165) is 37.3 Å². The number of pyridine rings is 1. The molecule has 0 amide bonds. The zero-order valence-electron chi connectivity index (χ0n) is 14.4. The van der Waals surface area contributed by atoms with Crippen LogP contribution in [-0.2, 0) is 4.74 Å². The standard InChI is InChI=1S/C20H21N3O2/c1-2-25-20(24)17-13-16(14-21)19(23-11-7-4-8-12-23)22-18(17)15-9-5-3-6-10-15/h3,5-6,9-10,13H,2,4,7-8,11-12H2,1H3/p+1. The number of hydrogen-bond acceptors (Lipinski definition) is 4. The Hall–Kier alpha value is -2.87. The highest BCUT2D eigenvalue weighted by Crippen LogP contribution is 2.26. The molecule has 3 rings (SSSR count). The number of rotatable bonds is 4. The molecule has 1 aliphatic heterocycles. The third-order valence-electron chi connectivity index (χ3n) is 4.41.